The number of hydrogen-bond acceptors (Lipinski definition) is 4. The normalized spacial score (nSPS) is 23.5. The molecule has 2 unspecified atom stereocenters. The highest BCUT2D eigenvalue weighted by Crippen LogP contribution is 2.45. The van der Waals surface area contributed by atoms with Crippen molar-refractivity contribution in [3.63, 3.8) is 0 Å². The van der Waals surface area contributed by atoms with Crippen LogP contribution in [-0.2, 0) is 6.54 Å². The van der Waals surface area contributed by atoms with Gasteiger partial charge in [-0.15, -0.1) is 0 Å². The Hall–Kier alpha value is -2.12. The summed E-state index contributed by atoms with van der Waals surface area (Å²) in [6, 6.07) is 6.93. The molecule has 144 valence electrons. The van der Waals surface area contributed by atoms with Gasteiger partial charge in [-0.2, -0.15) is 0 Å². The Bertz CT molecular complexity index is 784. The molecular formula is C19H23ClFN5O. The second kappa shape index (κ2) is 7.86. The highest BCUT2D eigenvalue weighted by molar-refractivity contribution is 6.31. The van der Waals surface area contributed by atoms with Crippen LogP contribution in [0.3, 0.4) is 0 Å². The number of nitrogens with one attached hydrogen (secondary N) is 1. The molecule has 2 aliphatic rings. The number of aromatic nitrogens is 1. The van der Waals surface area contributed by atoms with Crippen molar-refractivity contribution in [3.05, 3.63) is 52.6 Å². The maximum Gasteiger partial charge on any atom is 0.193 e. The summed E-state index contributed by atoms with van der Waals surface area (Å²) in [6.45, 7) is 4.43. The molecule has 0 bridgehead atoms. The quantitative estimate of drug-likeness (QED) is 0.641. The minimum Gasteiger partial charge on any atom is -0.364 e. The number of nitrogens with zero attached hydrogens (tertiary/aromatic N) is 4. The molecule has 0 spiro atoms. The molecule has 2 atom stereocenters. The Balaban J connectivity index is 1.31. The largest absolute Gasteiger partial charge is 0.364 e. The summed E-state index contributed by atoms with van der Waals surface area (Å²) in [4.78, 5) is 9.02. The smallest absolute Gasteiger partial charge is 0.193 e. The SMILES string of the molecule is CN=C(NC1CC1c1c(F)cccc1Cl)N1CCN(Cc2ccon2)CC1. The minimum absolute atomic E-state index is 0.101. The van der Waals surface area contributed by atoms with Crippen LogP contribution in [0.15, 0.2) is 40.0 Å². The van der Waals surface area contributed by atoms with Gasteiger partial charge in [0.05, 0.1) is 5.69 Å². The molecular weight excluding hydrogens is 369 g/mol. The van der Waals surface area contributed by atoms with E-state index in [0.29, 0.717) is 10.6 Å². The Morgan fingerprint density at radius 2 is 2.15 bits per heavy atom. The summed E-state index contributed by atoms with van der Waals surface area (Å²) < 4.78 is 19.0. The molecule has 1 N–H and O–H groups in total. The van der Waals surface area contributed by atoms with Gasteiger partial charge in [0, 0.05) is 68.4 Å². The number of guanidine groups is 1. The monoisotopic (exact) mass is 391 g/mol. The Kier molecular flexibility index (Phi) is 5.31. The Morgan fingerprint density at radius 1 is 1.33 bits per heavy atom. The van der Waals surface area contributed by atoms with E-state index in [9.17, 15) is 4.39 Å². The van der Waals surface area contributed by atoms with Crippen molar-refractivity contribution in [1.29, 1.82) is 0 Å². The Labute approximate surface area is 163 Å². The van der Waals surface area contributed by atoms with Crippen molar-refractivity contribution in [2.24, 2.45) is 4.99 Å². The average Bonchev–Trinajstić information content (AvgIpc) is 3.21. The van der Waals surface area contributed by atoms with Crippen molar-refractivity contribution >= 4 is 17.6 Å². The van der Waals surface area contributed by atoms with E-state index >= 15 is 0 Å². The summed E-state index contributed by atoms with van der Waals surface area (Å²) in [5.74, 6) is 0.744. The fraction of sp³-hybridized carbons (Fsp3) is 0.474. The van der Waals surface area contributed by atoms with E-state index in [1.165, 1.54) is 6.07 Å². The zero-order chi connectivity index (χ0) is 18.8. The maximum absolute atomic E-state index is 14.1. The molecule has 1 aliphatic heterocycles. The lowest BCUT2D eigenvalue weighted by atomic mass is 10.1. The highest BCUT2D eigenvalue weighted by Gasteiger charge is 2.42. The van der Waals surface area contributed by atoms with Crippen molar-refractivity contribution in [3.8, 4) is 0 Å². The molecule has 2 aromatic rings. The van der Waals surface area contributed by atoms with E-state index in [1.54, 1.807) is 25.4 Å². The fourth-order valence-corrected chi connectivity index (χ4v) is 3.97. The second-order valence-electron chi connectivity index (χ2n) is 7.03. The third-order valence-corrected chi connectivity index (χ3v) is 5.57. The number of halogens is 2. The zero-order valence-electron chi connectivity index (χ0n) is 15.2. The summed E-state index contributed by atoms with van der Waals surface area (Å²) in [6.07, 6.45) is 2.47. The highest BCUT2D eigenvalue weighted by atomic mass is 35.5. The van der Waals surface area contributed by atoms with Crippen LogP contribution in [0.4, 0.5) is 4.39 Å². The summed E-state index contributed by atoms with van der Waals surface area (Å²) >= 11 is 6.20. The van der Waals surface area contributed by atoms with Crippen molar-refractivity contribution < 1.29 is 8.91 Å². The molecule has 1 saturated heterocycles. The van der Waals surface area contributed by atoms with Gasteiger partial charge in [-0.25, -0.2) is 4.39 Å². The van der Waals surface area contributed by atoms with Crippen molar-refractivity contribution in [1.82, 2.24) is 20.3 Å². The number of piperazine rings is 1. The second-order valence-corrected chi connectivity index (χ2v) is 7.44. The van der Waals surface area contributed by atoms with Crippen LogP contribution in [0.5, 0.6) is 0 Å². The van der Waals surface area contributed by atoms with E-state index in [-0.39, 0.29) is 17.8 Å². The molecule has 1 saturated carbocycles. The first-order valence-corrected chi connectivity index (χ1v) is 9.57. The molecule has 2 heterocycles. The van der Waals surface area contributed by atoms with Crippen LogP contribution in [0.1, 0.15) is 23.6 Å². The fourth-order valence-electron chi connectivity index (χ4n) is 3.67. The van der Waals surface area contributed by atoms with Crippen LogP contribution in [0.2, 0.25) is 5.02 Å². The van der Waals surface area contributed by atoms with Gasteiger partial charge < -0.3 is 14.7 Å². The first-order chi connectivity index (χ1) is 13.2. The van der Waals surface area contributed by atoms with Crippen LogP contribution >= 0.6 is 11.6 Å². The van der Waals surface area contributed by atoms with Crippen LogP contribution < -0.4 is 5.32 Å². The van der Waals surface area contributed by atoms with Crippen LogP contribution in [-0.4, -0.2) is 60.2 Å². The summed E-state index contributed by atoms with van der Waals surface area (Å²) in [5, 5.41) is 7.95. The maximum atomic E-state index is 14.1. The number of rotatable bonds is 4. The van der Waals surface area contributed by atoms with Gasteiger partial charge in [-0.3, -0.25) is 9.89 Å². The molecule has 1 aliphatic carbocycles. The number of hydrogen-bond donors (Lipinski definition) is 1. The van der Waals surface area contributed by atoms with E-state index in [0.717, 1.165) is 50.8 Å². The lowest BCUT2D eigenvalue weighted by Gasteiger charge is -2.36. The van der Waals surface area contributed by atoms with Crippen molar-refractivity contribution in [2.75, 3.05) is 33.2 Å². The minimum atomic E-state index is -0.228. The topological polar surface area (TPSA) is 56.9 Å². The molecule has 4 rings (SSSR count). The standard InChI is InChI=1S/C19H23ClFN5O/c1-22-19(23-17-11-14(17)18-15(20)3-2-4-16(18)21)26-8-6-25(7-9-26)12-13-5-10-27-24-13/h2-5,10,14,17H,6-9,11-12H2,1H3,(H,22,23). The van der Waals surface area contributed by atoms with E-state index in [2.05, 4.69) is 25.3 Å². The average molecular weight is 392 g/mol. The Morgan fingerprint density at radius 3 is 2.81 bits per heavy atom. The van der Waals surface area contributed by atoms with Crippen molar-refractivity contribution in [2.45, 2.75) is 24.9 Å². The molecule has 2 fully saturated rings. The van der Waals surface area contributed by atoms with E-state index in [1.807, 2.05) is 6.07 Å². The molecule has 1 aromatic carbocycles. The number of aliphatic imine (C=N–C) groups is 1. The van der Waals surface area contributed by atoms with Crippen LogP contribution in [0.25, 0.3) is 0 Å². The van der Waals surface area contributed by atoms with Gasteiger partial charge >= 0.3 is 0 Å². The van der Waals surface area contributed by atoms with Crippen LogP contribution in [0, 0.1) is 5.82 Å². The van der Waals surface area contributed by atoms with Gasteiger partial charge in [0.1, 0.15) is 12.1 Å². The van der Waals surface area contributed by atoms with E-state index < -0.39 is 0 Å². The van der Waals surface area contributed by atoms with Gasteiger partial charge in [-0.1, -0.05) is 22.8 Å². The lowest BCUT2D eigenvalue weighted by Crippen LogP contribution is -2.52. The predicted octanol–water partition coefficient (Wildman–Crippen LogP) is 2.72. The third-order valence-electron chi connectivity index (χ3n) is 5.24. The van der Waals surface area contributed by atoms with Gasteiger partial charge in [-0.05, 0) is 18.6 Å². The molecule has 8 heteroatoms. The van der Waals surface area contributed by atoms with E-state index in [4.69, 9.17) is 16.1 Å². The number of benzene rings is 1. The summed E-state index contributed by atoms with van der Waals surface area (Å²) in [7, 11) is 1.79. The first kappa shape index (κ1) is 18.3. The zero-order valence-corrected chi connectivity index (χ0v) is 16.0. The first-order valence-electron chi connectivity index (χ1n) is 9.19. The molecule has 27 heavy (non-hydrogen) atoms. The van der Waals surface area contributed by atoms with Gasteiger partial charge in [0.15, 0.2) is 5.96 Å². The van der Waals surface area contributed by atoms with Gasteiger partial charge in [0.25, 0.3) is 0 Å². The lowest BCUT2D eigenvalue weighted by molar-refractivity contribution is 0.169. The molecule has 6 nitrogen and oxygen atoms in total. The molecule has 1 aromatic heterocycles. The molecule has 0 radical (unpaired) electrons. The third kappa shape index (κ3) is 4.09. The molecule has 0 amide bonds. The summed E-state index contributed by atoms with van der Waals surface area (Å²) in [5.41, 5.74) is 1.57. The predicted molar refractivity (Wildman–Crippen MR) is 102 cm³/mol. The van der Waals surface area contributed by atoms with Gasteiger partial charge in [0.2, 0.25) is 0 Å².